The van der Waals surface area contributed by atoms with E-state index in [2.05, 4.69) is 24.4 Å². The Bertz CT molecular complexity index is 298. The van der Waals surface area contributed by atoms with Crippen LogP contribution in [0.15, 0.2) is 24.3 Å². The van der Waals surface area contributed by atoms with Crippen molar-refractivity contribution in [1.29, 1.82) is 0 Å². The molecule has 1 fully saturated rings. The molecule has 1 aromatic carbocycles. The van der Waals surface area contributed by atoms with E-state index < -0.39 is 0 Å². The van der Waals surface area contributed by atoms with Gasteiger partial charge in [-0.25, -0.2) is 0 Å². The van der Waals surface area contributed by atoms with Crippen molar-refractivity contribution in [3.05, 3.63) is 34.9 Å². The minimum Gasteiger partial charge on any atom is -0.310 e. The van der Waals surface area contributed by atoms with Gasteiger partial charge in [0.1, 0.15) is 0 Å². The molecule has 0 aromatic heterocycles. The minimum absolute atomic E-state index is 0.508. The molecule has 2 unspecified atom stereocenters. The van der Waals surface area contributed by atoms with Crippen LogP contribution >= 0.6 is 11.6 Å². The number of halogens is 1. The van der Waals surface area contributed by atoms with Gasteiger partial charge in [-0.2, -0.15) is 0 Å². The summed E-state index contributed by atoms with van der Waals surface area (Å²) in [6, 6.07) is 8.64. The third-order valence-corrected chi connectivity index (χ3v) is 2.84. The molecule has 1 aliphatic heterocycles. The predicted octanol–water partition coefficient (Wildman–Crippen LogP) is 3.01. The highest BCUT2D eigenvalue weighted by Gasteiger charge is 2.21. The molecular formula is C11H14ClN. The van der Waals surface area contributed by atoms with Gasteiger partial charge in [0, 0.05) is 11.1 Å². The lowest BCUT2D eigenvalue weighted by molar-refractivity contribution is 0.612. The van der Waals surface area contributed by atoms with Gasteiger partial charge in [0.25, 0.3) is 0 Å². The van der Waals surface area contributed by atoms with Gasteiger partial charge >= 0.3 is 0 Å². The molecule has 1 nitrogen and oxygen atoms in total. The molecule has 1 N–H and O–H groups in total. The number of nitrogens with one attached hydrogen (secondary N) is 1. The molecule has 0 bridgehead atoms. The molecule has 0 amide bonds. The van der Waals surface area contributed by atoms with Gasteiger partial charge < -0.3 is 5.32 Å². The Kier molecular flexibility index (Phi) is 2.56. The molecule has 1 saturated heterocycles. The van der Waals surface area contributed by atoms with Crippen molar-refractivity contribution in [3.8, 4) is 0 Å². The third-order valence-electron chi connectivity index (χ3n) is 2.60. The summed E-state index contributed by atoms with van der Waals surface area (Å²) in [6.45, 7) is 3.40. The summed E-state index contributed by atoms with van der Waals surface area (Å²) in [5, 5.41) is 4.32. The summed E-state index contributed by atoms with van der Waals surface area (Å²) in [5.41, 5.74) is 1.32. The first-order valence-electron chi connectivity index (χ1n) is 4.74. The molecule has 1 aromatic rings. The first-order valence-corrected chi connectivity index (χ1v) is 5.12. The zero-order valence-electron chi connectivity index (χ0n) is 7.76. The second-order valence-corrected chi connectivity index (χ2v) is 4.29. The normalized spacial score (nSPS) is 27.8. The van der Waals surface area contributed by atoms with Crippen LogP contribution < -0.4 is 5.32 Å². The fourth-order valence-corrected chi connectivity index (χ4v) is 2.09. The van der Waals surface area contributed by atoms with Crippen LogP contribution in [0.25, 0.3) is 0 Å². The summed E-state index contributed by atoms with van der Waals surface area (Å²) in [4.78, 5) is 0. The summed E-state index contributed by atoms with van der Waals surface area (Å²) in [7, 11) is 0. The van der Waals surface area contributed by atoms with Gasteiger partial charge in [-0.3, -0.25) is 0 Å². The van der Waals surface area contributed by atoms with Gasteiger partial charge in [0.05, 0.1) is 0 Å². The lowest BCUT2D eigenvalue weighted by Crippen LogP contribution is -2.13. The molecule has 2 rings (SSSR count). The fourth-order valence-electron chi connectivity index (χ4n) is 1.89. The Balaban J connectivity index is 2.16. The van der Waals surface area contributed by atoms with E-state index in [4.69, 9.17) is 11.6 Å². The van der Waals surface area contributed by atoms with Crippen molar-refractivity contribution < 1.29 is 0 Å². The molecule has 1 heterocycles. The number of rotatable bonds is 1. The Morgan fingerprint density at radius 3 is 2.92 bits per heavy atom. The molecule has 2 atom stereocenters. The zero-order valence-corrected chi connectivity index (χ0v) is 8.51. The van der Waals surface area contributed by atoms with E-state index in [1.807, 2.05) is 12.1 Å². The number of hydrogen-bond acceptors (Lipinski definition) is 1. The maximum atomic E-state index is 5.93. The van der Waals surface area contributed by atoms with E-state index in [-0.39, 0.29) is 0 Å². The van der Waals surface area contributed by atoms with Crippen molar-refractivity contribution in [2.75, 3.05) is 6.54 Å². The molecule has 0 spiro atoms. The minimum atomic E-state index is 0.508. The van der Waals surface area contributed by atoms with Gasteiger partial charge in [-0.15, -0.1) is 0 Å². The topological polar surface area (TPSA) is 12.0 Å². The van der Waals surface area contributed by atoms with Gasteiger partial charge in [-0.05, 0) is 36.6 Å². The van der Waals surface area contributed by atoms with E-state index in [0.717, 1.165) is 17.5 Å². The highest BCUT2D eigenvalue weighted by Crippen LogP contribution is 2.27. The fraction of sp³-hybridized carbons (Fsp3) is 0.455. The van der Waals surface area contributed by atoms with Crippen LogP contribution in [0.5, 0.6) is 0 Å². The average Bonchev–Trinajstić information content (AvgIpc) is 2.52. The third kappa shape index (κ3) is 2.04. The lowest BCUT2D eigenvalue weighted by Gasteiger charge is -2.10. The van der Waals surface area contributed by atoms with E-state index >= 15 is 0 Å². The first-order chi connectivity index (χ1) is 6.25. The summed E-state index contributed by atoms with van der Waals surface area (Å²) in [6.07, 6.45) is 1.22. The van der Waals surface area contributed by atoms with E-state index in [1.165, 1.54) is 12.0 Å². The van der Waals surface area contributed by atoms with Gasteiger partial charge in [0.2, 0.25) is 0 Å². The van der Waals surface area contributed by atoms with Crippen LogP contribution in [0.4, 0.5) is 0 Å². The van der Waals surface area contributed by atoms with E-state index in [0.29, 0.717) is 6.04 Å². The van der Waals surface area contributed by atoms with Crippen LogP contribution in [0.2, 0.25) is 5.02 Å². The van der Waals surface area contributed by atoms with Crippen molar-refractivity contribution in [2.45, 2.75) is 19.4 Å². The van der Waals surface area contributed by atoms with Crippen LogP contribution in [0, 0.1) is 5.92 Å². The largest absolute Gasteiger partial charge is 0.310 e. The molecule has 13 heavy (non-hydrogen) atoms. The average molecular weight is 196 g/mol. The van der Waals surface area contributed by atoms with E-state index in [9.17, 15) is 0 Å². The maximum absolute atomic E-state index is 5.93. The van der Waals surface area contributed by atoms with Crippen LogP contribution in [0.1, 0.15) is 24.9 Å². The molecule has 2 heteroatoms. The standard InChI is InChI=1S/C11H14ClN/c1-8-5-11(13-7-8)9-3-2-4-10(12)6-9/h2-4,6,8,11,13H,5,7H2,1H3. The van der Waals surface area contributed by atoms with Crippen LogP contribution in [-0.2, 0) is 0 Å². The Labute approximate surface area is 84.1 Å². The molecule has 70 valence electrons. The molecule has 0 radical (unpaired) electrons. The van der Waals surface area contributed by atoms with Crippen molar-refractivity contribution in [2.24, 2.45) is 5.92 Å². The molecule has 0 saturated carbocycles. The Hall–Kier alpha value is -0.530. The predicted molar refractivity (Wildman–Crippen MR) is 56.0 cm³/mol. The first kappa shape index (κ1) is 9.04. The molecular weight excluding hydrogens is 182 g/mol. The highest BCUT2D eigenvalue weighted by molar-refractivity contribution is 6.30. The van der Waals surface area contributed by atoms with Crippen molar-refractivity contribution in [3.63, 3.8) is 0 Å². The highest BCUT2D eigenvalue weighted by atomic mass is 35.5. The van der Waals surface area contributed by atoms with Crippen molar-refractivity contribution >= 4 is 11.6 Å². The second-order valence-electron chi connectivity index (χ2n) is 3.86. The smallest absolute Gasteiger partial charge is 0.0409 e. The van der Waals surface area contributed by atoms with Crippen LogP contribution in [0.3, 0.4) is 0 Å². The lowest BCUT2D eigenvalue weighted by atomic mass is 10.0. The second kappa shape index (κ2) is 3.69. The monoisotopic (exact) mass is 195 g/mol. The quantitative estimate of drug-likeness (QED) is 0.727. The molecule has 0 aliphatic carbocycles. The maximum Gasteiger partial charge on any atom is 0.0409 e. The van der Waals surface area contributed by atoms with E-state index in [1.54, 1.807) is 0 Å². The Morgan fingerprint density at radius 1 is 1.46 bits per heavy atom. The summed E-state index contributed by atoms with van der Waals surface area (Å²) in [5.74, 6) is 0.781. The van der Waals surface area contributed by atoms with Crippen molar-refractivity contribution in [1.82, 2.24) is 5.32 Å². The molecule has 1 aliphatic rings. The van der Waals surface area contributed by atoms with Gasteiger partial charge in [0.15, 0.2) is 0 Å². The zero-order chi connectivity index (χ0) is 9.26. The number of hydrogen-bond donors (Lipinski definition) is 1. The SMILES string of the molecule is CC1CNC(c2cccc(Cl)c2)C1. The van der Waals surface area contributed by atoms with Crippen LogP contribution in [-0.4, -0.2) is 6.54 Å². The number of benzene rings is 1. The summed E-state index contributed by atoms with van der Waals surface area (Å²) >= 11 is 5.93. The Morgan fingerprint density at radius 2 is 2.31 bits per heavy atom. The summed E-state index contributed by atoms with van der Waals surface area (Å²) < 4.78 is 0. The van der Waals surface area contributed by atoms with Gasteiger partial charge in [-0.1, -0.05) is 30.7 Å².